The van der Waals surface area contributed by atoms with Gasteiger partial charge in [-0.2, -0.15) is 0 Å². The molecule has 2 aromatic heterocycles. The number of aryl methyl sites for hydroxylation is 1. The molecule has 1 aliphatic rings. The van der Waals surface area contributed by atoms with E-state index in [1.54, 1.807) is 6.20 Å². The van der Waals surface area contributed by atoms with E-state index in [-0.39, 0.29) is 16.5 Å². The number of furan rings is 1. The third kappa shape index (κ3) is 2.08. The van der Waals surface area contributed by atoms with Gasteiger partial charge in [-0.15, -0.1) is 0 Å². The first-order valence-electron chi connectivity index (χ1n) is 9.13. The molecule has 4 rings (SSSR count). The number of aromatic nitrogens is 1. The summed E-state index contributed by atoms with van der Waals surface area (Å²) >= 11 is 0. The second-order valence-corrected chi connectivity index (χ2v) is 9.33. The molecule has 0 bridgehead atoms. The van der Waals surface area contributed by atoms with Gasteiger partial charge in [-0.1, -0.05) is 26.0 Å². The van der Waals surface area contributed by atoms with E-state index in [4.69, 9.17) is 4.42 Å². The minimum Gasteiger partial charge on any atom is -0.436 e. The van der Waals surface area contributed by atoms with Gasteiger partial charge in [0.05, 0.1) is 5.69 Å². The summed E-state index contributed by atoms with van der Waals surface area (Å²) in [4.78, 5) is 7.03. The second kappa shape index (κ2) is 4.78. The molecule has 0 atom stereocenters. The first-order valence-corrected chi connectivity index (χ1v) is 9.13. The SMILES string of the molecule is Cc1ccc2c(oc3ncccc32)c1N1C(C)(C)CC(C)(C)C1(C)C. The average molecular weight is 336 g/mol. The lowest BCUT2D eigenvalue weighted by Crippen LogP contribution is -2.52. The van der Waals surface area contributed by atoms with Crippen LogP contribution < -0.4 is 4.90 Å². The van der Waals surface area contributed by atoms with Gasteiger partial charge in [-0.05, 0) is 64.2 Å². The second-order valence-electron chi connectivity index (χ2n) is 9.33. The van der Waals surface area contributed by atoms with Gasteiger partial charge in [0.1, 0.15) is 0 Å². The van der Waals surface area contributed by atoms with Crippen LogP contribution in [0.3, 0.4) is 0 Å². The normalized spacial score (nSPS) is 21.3. The van der Waals surface area contributed by atoms with Crippen molar-refractivity contribution in [3.05, 3.63) is 36.0 Å². The Morgan fingerprint density at radius 3 is 2.36 bits per heavy atom. The van der Waals surface area contributed by atoms with Gasteiger partial charge >= 0.3 is 0 Å². The Bertz CT molecular complexity index is 978. The van der Waals surface area contributed by atoms with E-state index >= 15 is 0 Å². The van der Waals surface area contributed by atoms with E-state index in [1.165, 1.54) is 11.3 Å². The summed E-state index contributed by atoms with van der Waals surface area (Å²) < 4.78 is 6.28. The zero-order valence-electron chi connectivity index (χ0n) is 16.4. The number of rotatable bonds is 1. The lowest BCUT2D eigenvalue weighted by Gasteiger charge is -2.46. The fourth-order valence-electron chi connectivity index (χ4n) is 5.06. The molecule has 25 heavy (non-hydrogen) atoms. The minimum absolute atomic E-state index is 0.0158. The van der Waals surface area contributed by atoms with Crippen molar-refractivity contribution in [3.8, 4) is 0 Å². The zero-order valence-corrected chi connectivity index (χ0v) is 16.4. The van der Waals surface area contributed by atoms with Crippen LogP contribution in [0.1, 0.15) is 53.5 Å². The molecule has 3 heteroatoms. The third-order valence-electron chi connectivity index (χ3n) is 6.51. The molecule has 3 heterocycles. The molecule has 1 saturated heterocycles. The van der Waals surface area contributed by atoms with E-state index in [2.05, 4.69) is 76.5 Å². The molecular weight excluding hydrogens is 308 g/mol. The zero-order chi connectivity index (χ0) is 18.2. The molecule has 132 valence electrons. The molecule has 0 saturated carbocycles. The summed E-state index contributed by atoms with van der Waals surface area (Å²) in [6.07, 6.45) is 2.94. The predicted octanol–water partition coefficient (Wildman–Crippen LogP) is 6.08. The summed E-state index contributed by atoms with van der Waals surface area (Å²) in [6.45, 7) is 16.4. The molecule has 0 aliphatic carbocycles. The molecule has 1 fully saturated rings. The van der Waals surface area contributed by atoms with Crippen molar-refractivity contribution in [2.24, 2.45) is 5.41 Å². The lowest BCUT2D eigenvalue weighted by molar-refractivity contribution is 0.243. The molecule has 0 spiro atoms. The molecule has 3 aromatic rings. The highest BCUT2D eigenvalue weighted by Crippen LogP contribution is 2.56. The highest BCUT2D eigenvalue weighted by atomic mass is 16.3. The Morgan fingerprint density at radius 1 is 1.00 bits per heavy atom. The lowest BCUT2D eigenvalue weighted by atomic mass is 9.74. The number of anilines is 1. The largest absolute Gasteiger partial charge is 0.436 e. The molecular formula is C22H28N2O. The van der Waals surface area contributed by atoms with E-state index in [0.29, 0.717) is 0 Å². The van der Waals surface area contributed by atoms with E-state index in [1.807, 2.05) is 6.07 Å². The fourth-order valence-corrected chi connectivity index (χ4v) is 5.06. The first-order chi connectivity index (χ1) is 11.6. The summed E-state index contributed by atoms with van der Waals surface area (Å²) in [5.41, 5.74) is 4.43. The quantitative estimate of drug-likeness (QED) is 0.539. The number of benzene rings is 1. The Labute approximate surface area is 150 Å². The van der Waals surface area contributed by atoms with Crippen LogP contribution in [0.4, 0.5) is 5.69 Å². The van der Waals surface area contributed by atoms with Gasteiger partial charge in [0.25, 0.3) is 0 Å². The topological polar surface area (TPSA) is 29.3 Å². The van der Waals surface area contributed by atoms with E-state index in [9.17, 15) is 0 Å². The molecule has 1 aliphatic heterocycles. The van der Waals surface area contributed by atoms with Gasteiger partial charge in [0, 0.05) is 28.0 Å². The van der Waals surface area contributed by atoms with Gasteiger partial charge < -0.3 is 9.32 Å². The number of hydrogen-bond donors (Lipinski definition) is 0. The Balaban J connectivity index is 2.08. The van der Waals surface area contributed by atoms with Crippen LogP contribution in [0.2, 0.25) is 0 Å². The van der Waals surface area contributed by atoms with Gasteiger partial charge in [0.2, 0.25) is 5.71 Å². The smallest absolute Gasteiger partial charge is 0.227 e. The summed E-state index contributed by atoms with van der Waals surface area (Å²) in [6, 6.07) is 8.46. The van der Waals surface area contributed by atoms with Crippen LogP contribution in [0.5, 0.6) is 0 Å². The molecule has 0 N–H and O–H groups in total. The van der Waals surface area contributed by atoms with Gasteiger partial charge in [-0.3, -0.25) is 0 Å². The molecule has 0 unspecified atom stereocenters. The molecule has 0 radical (unpaired) electrons. The Morgan fingerprint density at radius 2 is 1.72 bits per heavy atom. The standard InChI is InChI=1S/C22H28N2O/c1-14-10-11-15-16-9-8-12-23-19(16)25-18(15)17(14)24-21(4,5)13-20(2,3)22(24,6)7/h8-12H,13H2,1-7H3. The average Bonchev–Trinajstić information content (AvgIpc) is 2.92. The highest BCUT2D eigenvalue weighted by molar-refractivity contribution is 6.08. The van der Waals surface area contributed by atoms with Crippen LogP contribution >= 0.6 is 0 Å². The van der Waals surface area contributed by atoms with Crippen LogP contribution in [-0.2, 0) is 0 Å². The molecule has 3 nitrogen and oxygen atoms in total. The monoisotopic (exact) mass is 336 g/mol. The number of pyridine rings is 1. The third-order valence-corrected chi connectivity index (χ3v) is 6.51. The van der Waals surface area contributed by atoms with Crippen molar-refractivity contribution in [2.45, 2.75) is 66.0 Å². The van der Waals surface area contributed by atoms with Crippen molar-refractivity contribution in [1.29, 1.82) is 0 Å². The maximum atomic E-state index is 6.28. The number of hydrogen-bond acceptors (Lipinski definition) is 3. The van der Waals surface area contributed by atoms with Crippen molar-refractivity contribution in [2.75, 3.05) is 4.90 Å². The van der Waals surface area contributed by atoms with Crippen molar-refractivity contribution in [3.63, 3.8) is 0 Å². The van der Waals surface area contributed by atoms with Gasteiger partial charge in [0.15, 0.2) is 5.58 Å². The first kappa shape index (κ1) is 16.4. The van der Waals surface area contributed by atoms with E-state index in [0.717, 1.165) is 28.5 Å². The van der Waals surface area contributed by atoms with Crippen LogP contribution in [0.25, 0.3) is 22.1 Å². The van der Waals surface area contributed by atoms with Crippen LogP contribution in [0, 0.1) is 12.3 Å². The molecule has 1 aromatic carbocycles. The number of nitrogens with zero attached hydrogens (tertiary/aromatic N) is 2. The summed E-state index contributed by atoms with van der Waals surface area (Å²) in [5, 5.41) is 2.24. The Kier molecular flexibility index (Phi) is 3.14. The minimum atomic E-state index is 0.0158. The van der Waals surface area contributed by atoms with E-state index < -0.39 is 0 Å². The van der Waals surface area contributed by atoms with Crippen LogP contribution in [0.15, 0.2) is 34.9 Å². The van der Waals surface area contributed by atoms with Crippen LogP contribution in [-0.4, -0.2) is 16.1 Å². The summed E-state index contributed by atoms with van der Waals surface area (Å²) in [7, 11) is 0. The summed E-state index contributed by atoms with van der Waals surface area (Å²) in [5.74, 6) is 0. The van der Waals surface area contributed by atoms with Crippen molar-refractivity contribution >= 4 is 27.8 Å². The maximum Gasteiger partial charge on any atom is 0.227 e. The highest BCUT2D eigenvalue weighted by Gasteiger charge is 2.56. The fraction of sp³-hybridized carbons (Fsp3) is 0.500. The Hall–Kier alpha value is -2.03. The van der Waals surface area contributed by atoms with Crippen molar-refractivity contribution in [1.82, 2.24) is 4.98 Å². The molecule has 0 amide bonds. The van der Waals surface area contributed by atoms with Crippen molar-refractivity contribution < 1.29 is 4.42 Å². The predicted molar refractivity (Wildman–Crippen MR) is 105 cm³/mol. The maximum absolute atomic E-state index is 6.28. The van der Waals surface area contributed by atoms with Gasteiger partial charge in [-0.25, -0.2) is 4.98 Å². The number of fused-ring (bicyclic) bond motifs is 3.